The van der Waals surface area contributed by atoms with Gasteiger partial charge in [0.05, 0.1) is 4.47 Å². The van der Waals surface area contributed by atoms with E-state index < -0.39 is 0 Å². The zero-order valence-electron chi connectivity index (χ0n) is 10.3. The second kappa shape index (κ2) is 6.10. The highest BCUT2D eigenvalue weighted by atomic mass is 79.9. The number of aromatic amines is 1. The predicted octanol–water partition coefficient (Wildman–Crippen LogP) is 4.90. The first kappa shape index (κ1) is 13.2. The number of hydrogen-bond acceptors (Lipinski definition) is 2. The van der Waals surface area contributed by atoms with Crippen LogP contribution in [0, 0.1) is 4.64 Å². The van der Waals surface area contributed by atoms with E-state index in [0.717, 1.165) is 21.4 Å². The van der Waals surface area contributed by atoms with E-state index in [1.165, 1.54) is 44.2 Å². The summed E-state index contributed by atoms with van der Waals surface area (Å²) in [7, 11) is 0. The summed E-state index contributed by atoms with van der Waals surface area (Å²) in [4.78, 5) is 7.96. The number of H-pyrrole nitrogens is 1. The predicted molar refractivity (Wildman–Crippen MR) is 76.9 cm³/mol. The van der Waals surface area contributed by atoms with E-state index in [2.05, 4.69) is 32.8 Å². The van der Waals surface area contributed by atoms with Crippen molar-refractivity contribution in [3.63, 3.8) is 0 Å². The first-order chi connectivity index (χ1) is 8.22. The van der Waals surface area contributed by atoms with Crippen LogP contribution in [0.15, 0.2) is 4.47 Å². The smallest absolute Gasteiger partial charge is 0.144 e. The Morgan fingerprint density at radius 3 is 2.76 bits per heavy atom. The molecule has 94 valence electrons. The van der Waals surface area contributed by atoms with Gasteiger partial charge in [0.1, 0.15) is 10.5 Å². The van der Waals surface area contributed by atoms with Crippen molar-refractivity contribution in [2.45, 2.75) is 57.8 Å². The number of unbranched alkanes of at least 4 members (excludes halogenated alkanes) is 1. The number of nitrogens with one attached hydrogen (secondary N) is 1. The van der Waals surface area contributed by atoms with Gasteiger partial charge in [-0.05, 0) is 35.2 Å². The molecule has 17 heavy (non-hydrogen) atoms. The van der Waals surface area contributed by atoms with Gasteiger partial charge in [-0.1, -0.05) is 38.4 Å². The molecule has 1 aliphatic rings. The number of aromatic nitrogens is 2. The van der Waals surface area contributed by atoms with Gasteiger partial charge in [-0.3, -0.25) is 0 Å². The zero-order chi connectivity index (χ0) is 12.3. The molecule has 2 nitrogen and oxygen atoms in total. The molecule has 0 unspecified atom stereocenters. The van der Waals surface area contributed by atoms with Crippen molar-refractivity contribution >= 4 is 28.1 Å². The number of rotatable bonds is 4. The molecule has 1 aromatic rings. The Morgan fingerprint density at radius 2 is 2.12 bits per heavy atom. The molecule has 1 aromatic heterocycles. The summed E-state index contributed by atoms with van der Waals surface area (Å²) in [5.74, 6) is 1.71. The van der Waals surface area contributed by atoms with Crippen LogP contribution in [-0.2, 0) is 6.42 Å². The summed E-state index contributed by atoms with van der Waals surface area (Å²) in [6.07, 6.45) is 8.60. The molecule has 0 aliphatic heterocycles. The molecule has 2 rings (SSSR count). The van der Waals surface area contributed by atoms with Gasteiger partial charge in [-0.15, -0.1) is 0 Å². The quantitative estimate of drug-likeness (QED) is 0.800. The van der Waals surface area contributed by atoms with Crippen LogP contribution in [0.2, 0.25) is 0 Å². The Kier molecular flexibility index (Phi) is 4.74. The van der Waals surface area contributed by atoms with Gasteiger partial charge in [0, 0.05) is 18.0 Å². The molecule has 0 amide bonds. The second-order valence-corrected chi connectivity index (χ2v) is 5.98. The van der Waals surface area contributed by atoms with Gasteiger partial charge in [-0.2, -0.15) is 0 Å². The van der Waals surface area contributed by atoms with Gasteiger partial charge >= 0.3 is 0 Å². The van der Waals surface area contributed by atoms with Gasteiger partial charge in [0.25, 0.3) is 0 Å². The SMILES string of the molecule is CCCCc1nc(=S)c(Br)c(C2CCCC2)[nH]1. The largest absolute Gasteiger partial charge is 0.346 e. The Balaban J connectivity index is 2.29. The lowest BCUT2D eigenvalue weighted by atomic mass is 10.0. The third kappa shape index (κ3) is 3.16. The molecule has 1 fully saturated rings. The average Bonchev–Trinajstić information content (AvgIpc) is 2.84. The van der Waals surface area contributed by atoms with Crippen LogP contribution in [0.25, 0.3) is 0 Å². The minimum atomic E-state index is 0.648. The van der Waals surface area contributed by atoms with Crippen molar-refractivity contribution in [2.75, 3.05) is 0 Å². The Morgan fingerprint density at radius 1 is 1.41 bits per heavy atom. The van der Waals surface area contributed by atoms with Gasteiger partial charge in [-0.25, -0.2) is 4.98 Å². The van der Waals surface area contributed by atoms with Crippen molar-refractivity contribution in [3.05, 3.63) is 20.6 Å². The zero-order valence-corrected chi connectivity index (χ0v) is 12.7. The number of halogens is 1. The molecule has 0 atom stereocenters. The van der Waals surface area contributed by atoms with Crippen molar-refractivity contribution < 1.29 is 0 Å². The standard InChI is InChI=1S/C13H19BrN2S/c1-2-3-8-10-15-12(9-6-4-5-7-9)11(14)13(17)16-10/h9H,2-8H2,1H3,(H,15,16,17). The van der Waals surface area contributed by atoms with Crippen LogP contribution in [0.5, 0.6) is 0 Å². The van der Waals surface area contributed by atoms with E-state index in [-0.39, 0.29) is 0 Å². The molecule has 1 N–H and O–H groups in total. The molecule has 0 spiro atoms. The number of hydrogen-bond donors (Lipinski definition) is 1. The summed E-state index contributed by atoms with van der Waals surface area (Å²) >= 11 is 8.93. The van der Waals surface area contributed by atoms with E-state index in [4.69, 9.17) is 12.2 Å². The summed E-state index contributed by atoms with van der Waals surface area (Å²) < 4.78 is 1.73. The number of nitrogens with zero attached hydrogens (tertiary/aromatic N) is 1. The summed E-state index contributed by atoms with van der Waals surface area (Å²) in [5, 5.41) is 0. The van der Waals surface area contributed by atoms with Gasteiger partial charge in [0.15, 0.2) is 0 Å². The van der Waals surface area contributed by atoms with Crippen molar-refractivity contribution in [3.8, 4) is 0 Å². The Labute approximate surface area is 116 Å². The highest BCUT2D eigenvalue weighted by molar-refractivity contribution is 9.10. The molecule has 0 bridgehead atoms. The van der Waals surface area contributed by atoms with Crippen molar-refractivity contribution in [1.29, 1.82) is 0 Å². The maximum absolute atomic E-state index is 5.34. The third-order valence-corrected chi connectivity index (χ3v) is 4.83. The second-order valence-electron chi connectivity index (χ2n) is 4.80. The van der Waals surface area contributed by atoms with Gasteiger partial charge in [0.2, 0.25) is 0 Å². The molecule has 1 saturated carbocycles. The topological polar surface area (TPSA) is 28.7 Å². The van der Waals surface area contributed by atoms with Crippen LogP contribution in [0.3, 0.4) is 0 Å². The minimum absolute atomic E-state index is 0.648. The highest BCUT2D eigenvalue weighted by Gasteiger charge is 2.21. The summed E-state index contributed by atoms with van der Waals surface area (Å²) in [5.41, 5.74) is 1.29. The summed E-state index contributed by atoms with van der Waals surface area (Å²) in [6.45, 7) is 2.20. The normalized spacial score (nSPS) is 16.6. The molecule has 0 radical (unpaired) electrons. The Hall–Kier alpha value is -0.220. The lowest BCUT2D eigenvalue weighted by Gasteiger charge is -2.13. The molecule has 1 heterocycles. The average molecular weight is 315 g/mol. The van der Waals surface area contributed by atoms with Crippen molar-refractivity contribution in [1.82, 2.24) is 9.97 Å². The maximum Gasteiger partial charge on any atom is 0.144 e. The first-order valence-corrected chi connectivity index (χ1v) is 7.71. The van der Waals surface area contributed by atoms with Crippen LogP contribution >= 0.6 is 28.1 Å². The number of aryl methyl sites for hydroxylation is 1. The van der Waals surface area contributed by atoms with Crippen molar-refractivity contribution in [2.24, 2.45) is 0 Å². The molecular weight excluding hydrogens is 296 g/mol. The molecule has 4 heteroatoms. The van der Waals surface area contributed by atoms with E-state index in [1.54, 1.807) is 0 Å². The molecule has 0 aromatic carbocycles. The van der Waals surface area contributed by atoms with Gasteiger partial charge < -0.3 is 4.98 Å². The van der Waals surface area contributed by atoms with Crippen LogP contribution in [-0.4, -0.2) is 9.97 Å². The maximum atomic E-state index is 5.34. The lowest BCUT2D eigenvalue weighted by molar-refractivity contribution is 0.666. The van der Waals surface area contributed by atoms with E-state index in [0.29, 0.717) is 5.92 Å². The summed E-state index contributed by atoms with van der Waals surface area (Å²) in [6, 6.07) is 0. The molecule has 0 saturated heterocycles. The third-order valence-electron chi connectivity index (χ3n) is 3.47. The first-order valence-electron chi connectivity index (χ1n) is 6.51. The van der Waals surface area contributed by atoms with E-state index in [9.17, 15) is 0 Å². The fourth-order valence-corrected chi connectivity index (χ4v) is 3.22. The fraction of sp³-hybridized carbons (Fsp3) is 0.692. The molecule has 1 aliphatic carbocycles. The highest BCUT2D eigenvalue weighted by Crippen LogP contribution is 2.36. The van der Waals surface area contributed by atoms with Crippen LogP contribution < -0.4 is 0 Å². The fourth-order valence-electron chi connectivity index (χ4n) is 2.48. The minimum Gasteiger partial charge on any atom is -0.346 e. The molecular formula is C13H19BrN2S. The van der Waals surface area contributed by atoms with Crippen LogP contribution in [0.4, 0.5) is 0 Å². The van der Waals surface area contributed by atoms with Crippen LogP contribution in [0.1, 0.15) is 62.9 Å². The lowest BCUT2D eigenvalue weighted by Crippen LogP contribution is -2.05. The Bertz CT molecular complexity index is 436. The van der Waals surface area contributed by atoms with E-state index in [1.807, 2.05) is 0 Å². The monoisotopic (exact) mass is 314 g/mol. The van der Waals surface area contributed by atoms with E-state index >= 15 is 0 Å².